The molecule has 5 nitrogen and oxygen atoms in total. The lowest BCUT2D eigenvalue weighted by molar-refractivity contribution is -0.124. The molecule has 0 aromatic carbocycles. The quantitative estimate of drug-likeness (QED) is 0.642. The first-order valence-corrected chi connectivity index (χ1v) is 6.13. The normalized spacial score (nSPS) is 17.4. The molecular weight excluding hydrogens is 218 g/mol. The van der Waals surface area contributed by atoms with E-state index in [1.807, 2.05) is 20.8 Å². The highest BCUT2D eigenvalue weighted by molar-refractivity contribution is 5.83. The van der Waals surface area contributed by atoms with Crippen molar-refractivity contribution in [1.82, 2.24) is 16.0 Å². The van der Waals surface area contributed by atoms with Crippen molar-refractivity contribution >= 4 is 11.8 Å². The van der Waals surface area contributed by atoms with Crippen LogP contribution in [0.4, 0.5) is 0 Å². The Hall–Kier alpha value is -1.10. The molecule has 1 aliphatic carbocycles. The van der Waals surface area contributed by atoms with Crippen LogP contribution in [0.15, 0.2) is 0 Å². The second-order valence-electron chi connectivity index (χ2n) is 5.68. The first kappa shape index (κ1) is 14.0. The third-order valence-corrected chi connectivity index (χ3v) is 2.40. The minimum atomic E-state index is -0.362. The van der Waals surface area contributed by atoms with Crippen LogP contribution in [0.1, 0.15) is 40.5 Å². The number of hydrogen-bond acceptors (Lipinski definition) is 3. The van der Waals surface area contributed by atoms with E-state index in [2.05, 4.69) is 16.0 Å². The summed E-state index contributed by atoms with van der Waals surface area (Å²) in [6.45, 7) is 7.73. The molecule has 98 valence electrons. The van der Waals surface area contributed by atoms with Crippen molar-refractivity contribution < 1.29 is 9.59 Å². The highest BCUT2D eigenvalue weighted by Gasteiger charge is 2.24. The van der Waals surface area contributed by atoms with Crippen LogP contribution in [-0.2, 0) is 9.59 Å². The van der Waals surface area contributed by atoms with Crippen molar-refractivity contribution in [2.24, 2.45) is 0 Å². The van der Waals surface area contributed by atoms with Gasteiger partial charge in [-0.25, -0.2) is 0 Å². The first-order chi connectivity index (χ1) is 7.78. The van der Waals surface area contributed by atoms with Gasteiger partial charge in [0.15, 0.2) is 0 Å². The average Bonchev–Trinajstić information content (AvgIpc) is 2.95. The largest absolute Gasteiger partial charge is 0.352 e. The zero-order valence-corrected chi connectivity index (χ0v) is 11.1. The van der Waals surface area contributed by atoms with Gasteiger partial charge in [0.25, 0.3) is 0 Å². The Bertz CT molecular complexity index is 293. The van der Waals surface area contributed by atoms with Crippen LogP contribution in [0.3, 0.4) is 0 Å². The van der Waals surface area contributed by atoms with E-state index in [0.29, 0.717) is 6.04 Å². The second-order valence-corrected chi connectivity index (χ2v) is 5.68. The summed E-state index contributed by atoms with van der Waals surface area (Å²) in [5.41, 5.74) is -0.247. The smallest absolute Gasteiger partial charge is 0.237 e. The van der Waals surface area contributed by atoms with Gasteiger partial charge in [-0.1, -0.05) is 0 Å². The third-order valence-electron chi connectivity index (χ3n) is 2.40. The van der Waals surface area contributed by atoms with Crippen LogP contribution in [0.2, 0.25) is 0 Å². The fourth-order valence-electron chi connectivity index (χ4n) is 1.32. The summed E-state index contributed by atoms with van der Waals surface area (Å²) in [5.74, 6) is -0.125. The molecule has 17 heavy (non-hydrogen) atoms. The molecule has 0 aromatic heterocycles. The van der Waals surface area contributed by atoms with Crippen molar-refractivity contribution in [2.75, 3.05) is 6.54 Å². The van der Waals surface area contributed by atoms with E-state index in [-0.39, 0.29) is 29.9 Å². The maximum absolute atomic E-state index is 11.7. The first-order valence-electron chi connectivity index (χ1n) is 6.13. The molecule has 5 heteroatoms. The summed E-state index contributed by atoms with van der Waals surface area (Å²) in [6, 6.07) is 0.00202. The van der Waals surface area contributed by atoms with Crippen molar-refractivity contribution in [3.63, 3.8) is 0 Å². The number of rotatable bonds is 5. The minimum Gasteiger partial charge on any atom is -0.352 e. The van der Waals surface area contributed by atoms with E-state index in [0.717, 1.165) is 12.8 Å². The summed E-state index contributed by atoms with van der Waals surface area (Å²) in [5, 5.41) is 8.64. The van der Waals surface area contributed by atoms with E-state index in [9.17, 15) is 9.59 Å². The number of amides is 2. The predicted molar refractivity (Wildman–Crippen MR) is 66.5 cm³/mol. The molecule has 3 N–H and O–H groups in total. The second kappa shape index (κ2) is 5.49. The zero-order chi connectivity index (χ0) is 13.1. The highest BCUT2D eigenvalue weighted by atomic mass is 16.2. The standard InChI is InChI=1S/C12H23N3O2/c1-8(11(17)15-12(2,3)4)13-7-10(16)14-9-5-6-9/h8-9,13H,5-7H2,1-4H3,(H,14,16)(H,15,17). The summed E-state index contributed by atoms with van der Waals surface area (Å²) in [4.78, 5) is 23.1. The van der Waals surface area contributed by atoms with Crippen LogP contribution >= 0.6 is 0 Å². The average molecular weight is 241 g/mol. The highest BCUT2D eigenvalue weighted by Crippen LogP contribution is 2.18. The molecule has 0 bridgehead atoms. The lowest BCUT2D eigenvalue weighted by atomic mass is 10.1. The minimum absolute atomic E-state index is 0.0390. The van der Waals surface area contributed by atoms with E-state index in [4.69, 9.17) is 0 Å². The van der Waals surface area contributed by atoms with Gasteiger partial charge >= 0.3 is 0 Å². The van der Waals surface area contributed by atoms with Gasteiger partial charge in [-0.15, -0.1) is 0 Å². The molecule has 1 unspecified atom stereocenters. The zero-order valence-electron chi connectivity index (χ0n) is 11.1. The van der Waals surface area contributed by atoms with E-state index < -0.39 is 0 Å². The van der Waals surface area contributed by atoms with Gasteiger partial charge in [0.2, 0.25) is 11.8 Å². The Morgan fingerprint density at radius 1 is 1.29 bits per heavy atom. The maximum Gasteiger partial charge on any atom is 0.237 e. The van der Waals surface area contributed by atoms with Crippen LogP contribution in [0.25, 0.3) is 0 Å². The maximum atomic E-state index is 11.7. The molecule has 1 rings (SSSR count). The summed E-state index contributed by atoms with van der Waals surface area (Å²) in [7, 11) is 0. The van der Waals surface area contributed by atoms with Gasteiger partial charge in [-0.2, -0.15) is 0 Å². The van der Waals surface area contributed by atoms with Gasteiger partial charge in [0, 0.05) is 11.6 Å². The topological polar surface area (TPSA) is 70.2 Å². The monoisotopic (exact) mass is 241 g/mol. The number of carbonyl (C=O) groups excluding carboxylic acids is 2. The van der Waals surface area contributed by atoms with Gasteiger partial charge in [0.1, 0.15) is 0 Å². The van der Waals surface area contributed by atoms with Gasteiger partial charge in [-0.3, -0.25) is 14.9 Å². The Labute approximate surface area is 103 Å². The molecule has 2 amide bonds. The van der Waals surface area contributed by atoms with E-state index in [1.165, 1.54) is 0 Å². The summed E-state index contributed by atoms with van der Waals surface area (Å²) >= 11 is 0. The molecule has 0 heterocycles. The molecular formula is C12H23N3O2. The molecule has 1 atom stereocenters. The molecule has 0 aliphatic heterocycles. The summed E-state index contributed by atoms with van der Waals surface area (Å²) < 4.78 is 0. The van der Waals surface area contributed by atoms with Crippen molar-refractivity contribution in [3.05, 3.63) is 0 Å². The molecule has 0 radical (unpaired) electrons. The SMILES string of the molecule is CC(NCC(=O)NC1CC1)C(=O)NC(C)(C)C. The van der Waals surface area contributed by atoms with Crippen LogP contribution < -0.4 is 16.0 Å². The van der Waals surface area contributed by atoms with Crippen LogP contribution in [0.5, 0.6) is 0 Å². The molecule has 0 spiro atoms. The number of carbonyl (C=O) groups is 2. The van der Waals surface area contributed by atoms with Crippen molar-refractivity contribution in [3.8, 4) is 0 Å². The van der Waals surface area contributed by atoms with Crippen LogP contribution in [-0.4, -0.2) is 36.0 Å². The number of nitrogens with one attached hydrogen (secondary N) is 3. The number of hydrogen-bond donors (Lipinski definition) is 3. The molecule has 1 aliphatic rings. The molecule has 1 fully saturated rings. The van der Waals surface area contributed by atoms with E-state index in [1.54, 1.807) is 6.92 Å². The third kappa shape index (κ3) is 6.26. The Kier molecular flexibility index (Phi) is 4.51. The van der Waals surface area contributed by atoms with Gasteiger partial charge in [-0.05, 0) is 40.5 Å². The van der Waals surface area contributed by atoms with Crippen molar-refractivity contribution in [1.29, 1.82) is 0 Å². The van der Waals surface area contributed by atoms with E-state index >= 15 is 0 Å². The van der Waals surface area contributed by atoms with Gasteiger partial charge < -0.3 is 10.6 Å². The molecule has 0 saturated heterocycles. The summed E-state index contributed by atoms with van der Waals surface area (Å²) in [6.07, 6.45) is 2.15. The van der Waals surface area contributed by atoms with Gasteiger partial charge in [0.05, 0.1) is 12.6 Å². The predicted octanol–water partition coefficient (Wildman–Crippen LogP) is 0.158. The fourth-order valence-corrected chi connectivity index (χ4v) is 1.32. The Balaban J connectivity index is 2.20. The molecule has 1 saturated carbocycles. The van der Waals surface area contributed by atoms with Crippen molar-refractivity contribution in [2.45, 2.75) is 58.2 Å². The van der Waals surface area contributed by atoms with Crippen LogP contribution in [0, 0.1) is 0 Å². The lowest BCUT2D eigenvalue weighted by Gasteiger charge is -2.23. The fraction of sp³-hybridized carbons (Fsp3) is 0.833. The Morgan fingerprint density at radius 2 is 1.88 bits per heavy atom. The Morgan fingerprint density at radius 3 is 2.35 bits per heavy atom. The molecule has 0 aromatic rings. The lowest BCUT2D eigenvalue weighted by Crippen LogP contribution is -2.51.